The maximum absolute atomic E-state index is 10.9. The zero-order valence-electron chi connectivity index (χ0n) is 15.0. The largest absolute Gasteiger partial charge is 0.487 e. The molecule has 1 atom stereocenters. The van der Waals surface area contributed by atoms with Gasteiger partial charge < -0.3 is 9.84 Å². The summed E-state index contributed by atoms with van der Waals surface area (Å²) in [4.78, 5) is 23.6. The molecule has 1 aliphatic rings. The maximum Gasteiger partial charge on any atom is 0.338 e. The number of rotatable bonds is 6. The van der Waals surface area contributed by atoms with Gasteiger partial charge in [0.15, 0.2) is 5.82 Å². The van der Waals surface area contributed by atoms with E-state index >= 15 is 0 Å². The predicted molar refractivity (Wildman–Crippen MR) is 101 cm³/mol. The summed E-state index contributed by atoms with van der Waals surface area (Å²) in [7, 11) is 0. The van der Waals surface area contributed by atoms with Crippen LogP contribution in [0.2, 0.25) is 0 Å². The molecular weight excluding hydrogens is 358 g/mol. The monoisotopic (exact) mass is 377 g/mol. The van der Waals surface area contributed by atoms with E-state index in [1.165, 1.54) is 12.4 Å². The molecule has 1 saturated heterocycles. The Morgan fingerprint density at radius 1 is 1.14 bits per heavy atom. The summed E-state index contributed by atoms with van der Waals surface area (Å²) in [6, 6.07) is 11.8. The number of ether oxygens (including phenoxy) is 1. The number of hydrazine groups is 1. The van der Waals surface area contributed by atoms with E-state index in [2.05, 4.69) is 25.8 Å². The van der Waals surface area contributed by atoms with Crippen molar-refractivity contribution in [3.63, 3.8) is 0 Å². The Morgan fingerprint density at radius 2 is 2.00 bits per heavy atom. The van der Waals surface area contributed by atoms with Gasteiger partial charge in [0.2, 0.25) is 0 Å². The van der Waals surface area contributed by atoms with Gasteiger partial charge in [-0.1, -0.05) is 18.2 Å². The summed E-state index contributed by atoms with van der Waals surface area (Å²) >= 11 is 0. The van der Waals surface area contributed by atoms with Crippen LogP contribution in [0.4, 0.5) is 0 Å². The molecule has 2 aromatic heterocycles. The van der Waals surface area contributed by atoms with Crippen molar-refractivity contribution in [3.05, 3.63) is 71.8 Å². The van der Waals surface area contributed by atoms with Crippen LogP contribution in [0.3, 0.4) is 0 Å². The highest BCUT2D eigenvalue weighted by atomic mass is 16.5. The Balaban J connectivity index is 1.41. The van der Waals surface area contributed by atoms with E-state index in [0.29, 0.717) is 18.2 Å². The van der Waals surface area contributed by atoms with E-state index < -0.39 is 5.97 Å². The molecule has 1 aliphatic heterocycles. The molecule has 1 unspecified atom stereocenters. The second-order valence-corrected chi connectivity index (χ2v) is 6.42. The lowest BCUT2D eigenvalue weighted by Crippen LogP contribution is -2.25. The molecule has 142 valence electrons. The van der Waals surface area contributed by atoms with Gasteiger partial charge in [-0.25, -0.2) is 20.2 Å². The van der Waals surface area contributed by atoms with E-state index in [1.54, 1.807) is 6.20 Å². The van der Waals surface area contributed by atoms with E-state index in [-0.39, 0.29) is 11.6 Å². The number of hydrogen-bond donors (Lipinski definition) is 3. The van der Waals surface area contributed by atoms with Crippen LogP contribution in [0.1, 0.15) is 34.1 Å². The first kappa shape index (κ1) is 18.0. The molecule has 0 radical (unpaired) electrons. The summed E-state index contributed by atoms with van der Waals surface area (Å²) in [6.45, 7) is 1.31. The summed E-state index contributed by atoms with van der Waals surface area (Å²) in [5, 5.41) is 8.94. The topological polar surface area (TPSA) is 109 Å². The maximum atomic E-state index is 10.9. The van der Waals surface area contributed by atoms with Crippen LogP contribution in [-0.4, -0.2) is 32.6 Å². The number of benzene rings is 1. The Bertz CT molecular complexity index is 954. The molecule has 1 aromatic carbocycles. The average molecular weight is 377 g/mol. The lowest BCUT2D eigenvalue weighted by molar-refractivity contribution is 0.0696. The van der Waals surface area contributed by atoms with E-state index in [1.807, 2.05) is 36.4 Å². The summed E-state index contributed by atoms with van der Waals surface area (Å²) in [6.07, 6.45) is 5.34. The molecule has 8 nitrogen and oxygen atoms in total. The molecule has 28 heavy (non-hydrogen) atoms. The van der Waals surface area contributed by atoms with Gasteiger partial charge in [0.25, 0.3) is 0 Å². The SMILES string of the molecule is O=C(O)c1cnc(-c2cccc(COc3ccc(C4CCNN4)nc3)c2)nc1. The predicted octanol–water partition coefficient (Wildman–Crippen LogP) is 2.35. The number of hydrogen-bond acceptors (Lipinski definition) is 7. The smallest absolute Gasteiger partial charge is 0.338 e. The molecular formula is C20H19N5O3. The molecule has 3 heterocycles. The van der Waals surface area contributed by atoms with Crippen molar-refractivity contribution in [3.8, 4) is 17.1 Å². The van der Waals surface area contributed by atoms with Crippen molar-refractivity contribution < 1.29 is 14.6 Å². The first-order valence-corrected chi connectivity index (χ1v) is 8.91. The Morgan fingerprint density at radius 3 is 2.68 bits per heavy atom. The lowest BCUT2D eigenvalue weighted by Gasteiger charge is -2.11. The van der Waals surface area contributed by atoms with Crippen LogP contribution in [0.25, 0.3) is 11.4 Å². The number of pyridine rings is 1. The Labute approximate surface area is 161 Å². The van der Waals surface area contributed by atoms with E-state index in [9.17, 15) is 4.79 Å². The molecule has 0 saturated carbocycles. The number of nitrogens with zero attached hydrogens (tertiary/aromatic N) is 3. The number of nitrogens with one attached hydrogen (secondary N) is 2. The van der Waals surface area contributed by atoms with Crippen LogP contribution < -0.4 is 15.6 Å². The third kappa shape index (κ3) is 4.13. The second kappa shape index (κ2) is 8.12. The quantitative estimate of drug-likeness (QED) is 0.601. The molecule has 3 aromatic rings. The van der Waals surface area contributed by atoms with Gasteiger partial charge in [-0.3, -0.25) is 10.4 Å². The van der Waals surface area contributed by atoms with E-state index in [0.717, 1.165) is 29.8 Å². The van der Waals surface area contributed by atoms with Gasteiger partial charge in [-0.15, -0.1) is 0 Å². The standard InChI is InChI=1S/C20H19N5O3/c26-20(27)15-9-22-19(23-10-15)14-3-1-2-13(8-14)12-28-16-4-5-17(21-11-16)18-6-7-24-25-18/h1-5,8-11,18,24-25H,6-7,12H2,(H,26,27). The number of carboxylic acid groups (broad SMARTS) is 1. The van der Waals surface area contributed by atoms with Crippen molar-refractivity contribution in [2.24, 2.45) is 0 Å². The number of carboxylic acids is 1. The zero-order valence-corrected chi connectivity index (χ0v) is 15.0. The fourth-order valence-electron chi connectivity index (χ4n) is 2.94. The van der Waals surface area contributed by atoms with Gasteiger partial charge in [0.1, 0.15) is 12.4 Å². The van der Waals surface area contributed by atoms with Gasteiger partial charge in [0, 0.05) is 24.5 Å². The number of carbonyl (C=O) groups is 1. The fourth-order valence-corrected chi connectivity index (χ4v) is 2.94. The minimum absolute atomic E-state index is 0.0581. The highest BCUT2D eigenvalue weighted by molar-refractivity contribution is 5.86. The van der Waals surface area contributed by atoms with Crippen molar-refractivity contribution in [2.75, 3.05) is 6.54 Å². The van der Waals surface area contributed by atoms with Crippen molar-refractivity contribution in [1.82, 2.24) is 25.8 Å². The first-order chi connectivity index (χ1) is 13.7. The average Bonchev–Trinajstić information content (AvgIpc) is 3.28. The Kier molecular flexibility index (Phi) is 5.22. The first-order valence-electron chi connectivity index (χ1n) is 8.91. The lowest BCUT2D eigenvalue weighted by atomic mass is 10.1. The highest BCUT2D eigenvalue weighted by Gasteiger charge is 2.16. The van der Waals surface area contributed by atoms with Crippen molar-refractivity contribution in [1.29, 1.82) is 0 Å². The van der Waals surface area contributed by atoms with Crippen LogP contribution >= 0.6 is 0 Å². The van der Waals surface area contributed by atoms with Gasteiger partial charge >= 0.3 is 5.97 Å². The minimum Gasteiger partial charge on any atom is -0.487 e. The second-order valence-electron chi connectivity index (χ2n) is 6.42. The normalized spacial score (nSPS) is 16.1. The zero-order chi connectivity index (χ0) is 19.3. The molecule has 0 aliphatic carbocycles. The number of aromatic nitrogens is 3. The summed E-state index contributed by atoms with van der Waals surface area (Å²) < 4.78 is 5.83. The summed E-state index contributed by atoms with van der Waals surface area (Å²) in [5.41, 5.74) is 9.08. The van der Waals surface area contributed by atoms with Crippen LogP contribution in [0.5, 0.6) is 5.75 Å². The summed E-state index contributed by atoms with van der Waals surface area (Å²) in [5.74, 6) is 0.117. The molecule has 0 spiro atoms. The van der Waals surface area contributed by atoms with Gasteiger partial charge in [-0.2, -0.15) is 0 Å². The van der Waals surface area contributed by atoms with E-state index in [4.69, 9.17) is 9.84 Å². The van der Waals surface area contributed by atoms with Crippen LogP contribution in [0, 0.1) is 0 Å². The number of aromatic carboxylic acids is 1. The fraction of sp³-hybridized carbons (Fsp3) is 0.200. The third-order valence-corrected chi connectivity index (χ3v) is 4.44. The highest BCUT2D eigenvalue weighted by Crippen LogP contribution is 2.21. The van der Waals surface area contributed by atoms with Gasteiger partial charge in [0.05, 0.1) is 23.5 Å². The minimum atomic E-state index is -1.05. The molecule has 1 fully saturated rings. The van der Waals surface area contributed by atoms with Gasteiger partial charge in [-0.05, 0) is 30.2 Å². The molecule has 8 heteroatoms. The molecule has 0 bridgehead atoms. The molecule has 3 N–H and O–H groups in total. The third-order valence-electron chi connectivity index (χ3n) is 4.44. The Hall–Kier alpha value is -3.36. The van der Waals surface area contributed by atoms with Crippen LogP contribution in [-0.2, 0) is 6.61 Å². The van der Waals surface area contributed by atoms with Crippen molar-refractivity contribution in [2.45, 2.75) is 19.1 Å². The molecule has 4 rings (SSSR count). The molecule has 0 amide bonds. The van der Waals surface area contributed by atoms with Crippen molar-refractivity contribution >= 4 is 5.97 Å². The van der Waals surface area contributed by atoms with Crippen LogP contribution in [0.15, 0.2) is 55.0 Å².